The third kappa shape index (κ3) is 3.68. The number of allylic oxidation sites excluding steroid dienone is 1. The topological polar surface area (TPSA) is 109 Å². The van der Waals surface area contributed by atoms with E-state index in [0.717, 1.165) is 16.6 Å². The molecule has 7 nitrogen and oxygen atoms in total. The summed E-state index contributed by atoms with van der Waals surface area (Å²) in [5.41, 5.74) is 3.73. The third-order valence-corrected chi connectivity index (χ3v) is 5.01. The highest BCUT2D eigenvalue weighted by atomic mass is 79.9. The lowest BCUT2D eigenvalue weighted by molar-refractivity contribution is -0.384. The molecule has 2 aromatic heterocycles. The fraction of sp³-hybridized carbons (Fsp3) is 0.0476. The molecule has 0 saturated carbocycles. The molecule has 0 fully saturated rings. The molecule has 0 atom stereocenters. The fourth-order valence-electron chi connectivity index (χ4n) is 2.94. The zero-order chi connectivity index (χ0) is 20.5. The zero-order valence-electron chi connectivity index (χ0n) is 15.1. The molecule has 0 aliphatic heterocycles. The Bertz CT molecular complexity index is 1330. The number of nitro groups is 1. The number of aromatic amines is 1. The van der Waals surface area contributed by atoms with Crippen LogP contribution in [0.1, 0.15) is 17.1 Å². The monoisotopic (exact) mass is 448 g/mol. The van der Waals surface area contributed by atoms with Gasteiger partial charge in [-0.05, 0) is 58.7 Å². The molecule has 29 heavy (non-hydrogen) atoms. The quantitative estimate of drug-likeness (QED) is 0.238. The van der Waals surface area contributed by atoms with E-state index in [1.807, 2.05) is 25.1 Å². The van der Waals surface area contributed by atoms with Gasteiger partial charge in [-0.15, -0.1) is 0 Å². The van der Waals surface area contributed by atoms with Crippen LogP contribution in [-0.2, 0) is 0 Å². The number of H-pyrrole nitrogens is 1. The van der Waals surface area contributed by atoms with E-state index >= 15 is 0 Å². The molecule has 0 saturated heterocycles. The van der Waals surface area contributed by atoms with Crippen LogP contribution >= 0.6 is 15.9 Å². The maximum absolute atomic E-state index is 10.9. The number of aromatic nitrogens is 2. The van der Waals surface area contributed by atoms with Crippen LogP contribution in [0.15, 0.2) is 57.4 Å². The summed E-state index contributed by atoms with van der Waals surface area (Å²) in [6.07, 6.45) is 1.60. The molecular formula is C21H13BrN4O3. The molecule has 0 amide bonds. The molecule has 0 spiro atoms. The second-order valence-electron chi connectivity index (χ2n) is 6.40. The lowest BCUT2D eigenvalue weighted by Crippen LogP contribution is -1.88. The highest BCUT2D eigenvalue weighted by molar-refractivity contribution is 9.10. The van der Waals surface area contributed by atoms with Crippen LogP contribution in [0.5, 0.6) is 0 Å². The first kappa shape index (κ1) is 18.7. The molecule has 0 aliphatic carbocycles. The van der Waals surface area contributed by atoms with E-state index in [-0.39, 0.29) is 5.69 Å². The summed E-state index contributed by atoms with van der Waals surface area (Å²) >= 11 is 3.34. The van der Waals surface area contributed by atoms with Crippen molar-refractivity contribution < 1.29 is 9.34 Å². The molecular weight excluding hydrogens is 436 g/mol. The Labute approximate surface area is 173 Å². The van der Waals surface area contributed by atoms with Gasteiger partial charge in [0.15, 0.2) is 0 Å². The number of hydrogen-bond donors (Lipinski definition) is 1. The normalized spacial score (nSPS) is 11.6. The molecule has 1 N–H and O–H groups in total. The summed E-state index contributed by atoms with van der Waals surface area (Å²) in [5, 5.41) is 20.5. The lowest BCUT2D eigenvalue weighted by Gasteiger charge is -2.01. The first-order chi connectivity index (χ1) is 13.9. The Morgan fingerprint density at radius 3 is 2.83 bits per heavy atom. The van der Waals surface area contributed by atoms with Gasteiger partial charge in [0.25, 0.3) is 5.69 Å². The maximum atomic E-state index is 10.9. The van der Waals surface area contributed by atoms with Crippen LogP contribution in [0, 0.1) is 28.4 Å². The molecule has 0 bridgehead atoms. The van der Waals surface area contributed by atoms with Gasteiger partial charge in [-0.2, -0.15) is 5.26 Å². The molecule has 0 radical (unpaired) electrons. The molecule has 2 aromatic carbocycles. The zero-order valence-corrected chi connectivity index (χ0v) is 16.7. The second kappa shape index (κ2) is 7.37. The standard InChI is InChI=1S/C21H13BrN4O3/c1-12-2-6-18-19(8-12)25-21(24-18)13(11-23)9-15-4-7-20(29-15)16-5-3-14(26(27)28)10-17(16)22/h2-10H,1H3,(H,24,25). The Kier molecular flexibility index (Phi) is 4.74. The number of nitrogens with one attached hydrogen (secondary N) is 1. The number of furan rings is 1. The minimum absolute atomic E-state index is 0.0146. The van der Waals surface area contributed by atoms with Gasteiger partial charge in [-0.1, -0.05) is 6.07 Å². The summed E-state index contributed by atoms with van der Waals surface area (Å²) in [5.74, 6) is 1.46. The van der Waals surface area contributed by atoms with E-state index in [0.29, 0.717) is 33.0 Å². The Hall–Kier alpha value is -3.70. The predicted molar refractivity (Wildman–Crippen MR) is 113 cm³/mol. The summed E-state index contributed by atoms with van der Waals surface area (Å²) < 4.78 is 6.37. The first-order valence-corrected chi connectivity index (χ1v) is 9.36. The SMILES string of the molecule is Cc1ccc2nc(C(C#N)=Cc3ccc(-c4ccc([N+](=O)[O-])cc4Br)o3)[nH]c2c1. The lowest BCUT2D eigenvalue weighted by atomic mass is 10.1. The predicted octanol–water partition coefficient (Wildman–Crippen LogP) is 5.87. The van der Waals surface area contributed by atoms with Gasteiger partial charge in [-0.3, -0.25) is 10.1 Å². The number of aryl methyl sites for hydroxylation is 1. The van der Waals surface area contributed by atoms with Gasteiger partial charge >= 0.3 is 0 Å². The number of fused-ring (bicyclic) bond motifs is 1. The largest absolute Gasteiger partial charge is 0.457 e. The van der Waals surface area contributed by atoms with Gasteiger partial charge in [0.05, 0.1) is 21.5 Å². The van der Waals surface area contributed by atoms with Crippen LogP contribution in [0.4, 0.5) is 5.69 Å². The van der Waals surface area contributed by atoms with Gasteiger partial charge in [-0.25, -0.2) is 4.98 Å². The van der Waals surface area contributed by atoms with Crippen molar-refractivity contribution in [2.75, 3.05) is 0 Å². The van der Waals surface area contributed by atoms with Crippen LogP contribution in [0.25, 0.3) is 34.0 Å². The van der Waals surface area contributed by atoms with E-state index in [1.165, 1.54) is 12.1 Å². The fourth-order valence-corrected chi connectivity index (χ4v) is 3.50. The van der Waals surface area contributed by atoms with Crippen molar-refractivity contribution in [1.82, 2.24) is 9.97 Å². The number of non-ortho nitro benzene ring substituents is 1. The van der Waals surface area contributed by atoms with Crippen molar-refractivity contribution in [2.24, 2.45) is 0 Å². The minimum Gasteiger partial charge on any atom is -0.457 e. The van der Waals surface area contributed by atoms with Crippen molar-refractivity contribution in [3.05, 3.63) is 80.3 Å². The van der Waals surface area contributed by atoms with Gasteiger partial charge in [0, 0.05) is 28.2 Å². The van der Waals surface area contributed by atoms with Gasteiger partial charge in [0.2, 0.25) is 0 Å². The van der Waals surface area contributed by atoms with E-state index in [4.69, 9.17) is 4.42 Å². The highest BCUT2D eigenvalue weighted by Crippen LogP contribution is 2.33. The number of rotatable bonds is 4. The van der Waals surface area contributed by atoms with Gasteiger partial charge < -0.3 is 9.40 Å². The number of imidazole rings is 1. The Balaban J connectivity index is 1.68. The number of nitriles is 1. The van der Waals surface area contributed by atoms with E-state index in [9.17, 15) is 15.4 Å². The van der Waals surface area contributed by atoms with Crippen LogP contribution in [-0.4, -0.2) is 14.9 Å². The van der Waals surface area contributed by atoms with Crippen LogP contribution in [0.2, 0.25) is 0 Å². The van der Waals surface area contributed by atoms with Crippen molar-refractivity contribution >= 4 is 44.3 Å². The molecule has 8 heteroatoms. The summed E-state index contributed by atoms with van der Waals surface area (Å²) in [4.78, 5) is 18.1. The van der Waals surface area contributed by atoms with Crippen LogP contribution in [0.3, 0.4) is 0 Å². The molecule has 2 heterocycles. The van der Waals surface area contributed by atoms with Crippen molar-refractivity contribution in [3.8, 4) is 17.4 Å². The summed E-state index contributed by atoms with van der Waals surface area (Å²) in [7, 11) is 0. The van der Waals surface area contributed by atoms with E-state index in [1.54, 1.807) is 24.3 Å². The number of halogens is 1. The molecule has 142 valence electrons. The number of benzene rings is 2. The smallest absolute Gasteiger partial charge is 0.270 e. The Morgan fingerprint density at radius 2 is 2.10 bits per heavy atom. The third-order valence-electron chi connectivity index (χ3n) is 4.36. The average molecular weight is 449 g/mol. The molecule has 0 unspecified atom stereocenters. The highest BCUT2D eigenvalue weighted by Gasteiger charge is 2.14. The number of nitro benzene ring substituents is 1. The first-order valence-electron chi connectivity index (χ1n) is 8.57. The maximum Gasteiger partial charge on any atom is 0.270 e. The van der Waals surface area contributed by atoms with E-state index in [2.05, 4.69) is 32.0 Å². The Morgan fingerprint density at radius 1 is 1.28 bits per heavy atom. The minimum atomic E-state index is -0.459. The summed E-state index contributed by atoms with van der Waals surface area (Å²) in [6.45, 7) is 1.99. The molecule has 0 aliphatic rings. The van der Waals surface area contributed by atoms with Crippen molar-refractivity contribution in [1.29, 1.82) is 5.26 Å². The van der Waals surface area contributed by atoms with Crippen molar-refractivity contribution in [2.45, 2.75) is 6.92 Å². The van der Waals surface area contributed by atoms with Crippen molar-refractivity contribution in [3.63, 3.8) is 0 Å². The second-order valence-corrected chi connectivity index (χ2v) is 7.25. The number of nitrogens with zero attached hydrogens (tertiary/aromatic N) is 3. The summed E-state index contributed by atoms with van der Waals surface area (Å²) in [6, 6.07) is 15.9. The molecule has 4 rings (SSSR count). The average Bonchev–Trinajstić information content (AvgIpc) is 3.32. The van der Waals surface area contributed by atoms with E-state index < -0.39 is 4.92 Å². The molecule has 4 aromatic rings. The van der Waals surface area contributed by atoms with Crippen LogP contribution < -0.4 is 0 Å². The number of hydrogen-bond acceptors (Lipinski definition) is 5. The van der Waals surface area contributed by atoms with Gasteiger partial charge in [0.1, 0.15) is 23.4 Å².